The van der Waals surface area contributed by atoms with E-state index in [0.717, 1.165) is 36.9 Å². The van der Waals surface area contributed by atoms with Crippen molar-refractivity contribution >= 4 is 51.2 Å². The van der Waals surface area contributed by atoms with E-state index in [1.54, 1.807) is 18.5 Å². The summed E-state index contributed by atoms with van der Waals surface area (Å²) in [5, 5.41) is 5.22. The number of likely N-dealkylation sites (tertiary alicyclic amines) is 1. The zero-order valence-electron chi connectivity index (χ0n) is 18.0. The number of piperidine rings is 1. The molecule has 10 heteroatoms. The fraction of sp³-hybridized carbons (Fsp3) is 0.261. The standard InChI is InChI=1S/C23H24ClN3O4S.ClH/c1-30-22-19(16-10-12-27(13-11-16)15-26-25)14-17-6-2-3-7-18(17)23(22)31-32(28,29)21-9-5-4-8-20(21)24;/h2-9,14-16H,10-13,25H2,1H3;1H. The normalized spacial score (nSPS) is 14.9. The molecule has 0 aromatic heterocycles. The van der Waals surface area contributed by atoms with Crippen LogP contribution in [0.2, 0.25) is 5.02 Å². The molecule has 0 radical (unpaired) electrons. The Labute approximate surface area is 204 Å². The van der Waals surface area contributed by atoms with Gasteiger partial charge in [-0.1, -0.05) is 48.0 Å². The van der Waals surface area contributed by atoms with E-state index in [1.807, 2.05) is 24.3 Å². The Morgan fingerprint density at radius 3 is 2.42 bits per heavy atom. The van der Waals surface area contributed by atoms with Crippen LogP contribution in [-0.2, 0) is 10.1 Å². The third-order valence-electron chi connectivity index (χ3n) is 5.69. The van der Waals surface area contributed by atoms with Crippen molar-refractivity contribution in [3.8, 4) is 11.5 Å². The molecule has 3 aromatic rings. The SMILES string of the molecule is COc1c(C2CCN(C=NN)CC2)cc2ccccc2c1OS(=O)(=O)c1ccccc1Cl.Cl. The molecule has 1 aliphatic heterocycles. The van der Waals surface area contributed by atoms with E-state index in [1.165, 1.54) is 19.2 Å². The van der Waals surface area contributed by atoms with Gasteiger partial charge in [-0.25, -0.2) is 0 Å². The number of nitrogens with zero attached hydrogens (tertiary/aromatic N) is 2. The molecule has 0 amide bonds. The summed E-state index contributed by atoms with van der Waals surface area (Å²) in [6.45, 7) is 1.57. The summed E-state index contributed by atoms with van der Waals surface area (Å²) in [7, 11) is -2.66. The van der Waals surface area contributed by atoms with Crippen molar-refractivity contribution in [3.05, 3.63) is 65.2 Å². The molecule has 1 aliphatic rings. The van der Waals surface area contributed by atoms with Crippen LogP contribution in [0.15, 0.2) is 64.6 Å². The maximum absolute atomic E-state index is 13.1. The molecule has 3 aromatic carbocycles. The summed E-state index contributed by atoms with van der Waals surface area (Å²) in [5.41, 5.74) is 0.917. The van der Waals surface area contributed by atoms with Crippen LogP contribution in [0, 0.1) is 0 Å². The van der Waals surface area contributed by atoms with Gasteiger partial charge in [-0.05, 0) is 42.3 Å². The lowest BCUT2D eigenvalue weighted by molar-refractivity contribution is 0.311. The van der Waals surface area contributed by atoms with Crippen LogP contribution in [0.3, 0.4) is 0 Å². The smallest absolute Gasteiger partial charge is 0.340 e. The number of ether oxygens (including phenoxy) is 1. The Morgan fingerprint density at radius 2 is 1.76 bits per heavy atom. The third kappa shape index (κ3) is 5.13. The van der Waals surface area contributed by atoms with Gasteiger partial charge in [-0.15, -0.1) is 12.4 Å². The Balaban J connectivity index is 0.00000306. The summed E-state index contributed by atoms with van der Waals surface area (Å²) >= 11 is 6.14. The number of hydrazone groups is 1. The molecule has 0 atom stereocenters. The number of benzene rings is 3. The molecule has 33 heavy (non-hydrogen) atoms. The molecule has 1 heterocycles. The number of methoxy groups -OCH3 is 1. The van der Waals surface area contributed by atoms with Gasteiger partial charge in [-0.3, -0.25) is 0 Å². The largest absolute Gasteiger partial charge is 0.492 e. The number of fused-ring (bicyclic) bond motifs is 1. The first-order valence-electron chi connectivity index (χ1n) is 10.2. The van der Waals surface area contributed by atoms with E-state index in [4.69, 9.17) is 26.4 Å². The Bertz CT molecular complexity index is 1260. The van der Waals surface area contributed by atoms with Gasteiger partial charge in [-0.2, -0.15) is 13.5 Å². The van der Waals surface area contributed by atoms with Crippen molar-refractivity contribution in [3.63, 3.8) is 0 Å². The molecule has 7 nitrogen and oxygen atoms in total. The molecule has 0 unspecified atom stereocenters. The summed E-state index contributed by atoms with van der Waals surface area (Å²) < 4.78 is 37.7. The Morgan fingerprint density at radius 1 is 1.09 bits per heavy atom. The van der Waals surface area contributed by atoms with Gasteiger partial charge in [0.05, 0.1) is 12.1 Å². The highest BCUT2D eigenvalue weighted by Gasteiger charge is 2.29. The molecule has 0 saturated carbocycles. The average molecular weight is 510 g/mol. The fourth-order valence-electron chi connectivity index (χ4n) is 4.13. The van der Waals surface area contributed by atoms with Crippen LogP contribution in [0.1, 0.15) is 24.3 Å². The van der Waals surface area contributed by atoms with Crippen molar-refractivity contribution in [1.82, 2.24) is 4.90 Å². The van der Waals surface area contributed by atoms with Gasteiger partial charge >= 0.3 is 10.1 Å². The lowest BCUT2D eigenvalue weighted by Gasteiger charge is -2.31. The first-order valence-corrected chi connectivity index (χ1v) is 12.0. The minimum absolute atomic E-state index is 0. The second-order valence-electron chi connectivity index (χ2n) is 7.59. The number of rotatable bonds is 6. The minimum atomic E-state index is -4.18. The summed E-state index contributed by atoms with van der Waals surface area (Å²) in [6.07, 6.45) is 3.33. The van der Waals surface area contributed by atoms with Gasteiger partial charge in [0.2, 0.25) is 0 Å². The van der Waals surface area contributed by atoms with E-state index in [9.17, 15) is 8.42 Å². The topological polar surface area (TPSA) is 94.2 Å². The Kier molecular flexibility index (Phi) is 7.94. The van der Waals surface area contributed by atoms with Crippen LogP contribution < -0.4 is 14.8 Å². The second-order valence-corrected chi connectivity index (χ2v) is 9.51. The number of nitrogens with two attached hydrogens (primary N) is 1. The van der Waals surface area contributed by atoms with Crippen LogP contribution in [0.25, 0.3) is 10.8 Å². The minimum Gasteiger partial charge on any atom is -0.492 e. The molecular weight excluding hydrogens is 485 g/mol. The summed E-state index contributed by atoms with van der Waals surface area (Å²) in [4.78, 5) is 1.97. The van der Waals surface area contributed by atoms with E-state index in [-0.39, 0.29) is 34.0 Å². The zero-order chi connectivity index (χ0) is 22.7. The second kappa shape index (κ2) is 10.5. The highest BCUT2D eigenvalue weighted by molar-refractivity contribution is 7.87. The third-order valence-corrected chi connectivity index (χ3v) is 7.41. The van der Waals surface area contributed by atoms with Crippen molar-refractivity contribution in [2.24, 2.45) is 10.9 Å². The molecule has 1 saturated heterocycles. The Hall–Kier alpha value is -2.68. The van der Waals surface area contributed by atoms with Gasteiger partial charge in [0, 0.05) is 24.0 Å². The van der Waals surface area contributed by atoms with E-state index in [0.29, 0.717) is 11.1 Å². The lowest BCUT2D eigenvalue weighted by Crippen LogP contribution is -2.32. The molecule has 0 bridgehead atoms. The van der Waals surface area contributed by atoms with Gasteiger partial charge in [0.1, 0.15) is 11.2 Å². The lowest BCUT2D eigenvalue weighted by atomic mass is 9.87. The monoisotopic (exact) mass is 509 g/mol. The van der Waals surface area contributed by atoms with Gasteiger partial charge in [0.15, 0.2) is 11.5 Å². The van der Waals surface area contributed by atoms with E-state index < -0.39 is 10.1 Å². The first kappa shape index (κ1) is 25.0. The molecular formula is C23H25Cl2N3O4S. The molecule has 176 valence electrons. The highest BCUT2D eigenvalue weighted by atomic mass is 35.5. The van der Waals surface area contributed by atoms with Crippen molar-refractivity contribution < 1.29 is 17.3 Å². The molecule has 0 spiro atoms. The molecule has 1 fully saturated rings. The van der Waals surface area contributed by atoms with Crippen molar-refractivity contribution in [2.45, 2.75) is 23.7 Å². The number of hydrogen-bond donors (Lipinski definition) is 1. The predicted molar refractivity (Wildman–Crippen MR) is 133 cm³/mol. The average Bonchev–Trinajstić information content (AvgIpc) is 2.79. The molecule has 4 rings (SSSR count). The van der Waals surface area contributed by atoms with Crippen molar-refractivity contribution in [2.75, 3.05) is 20.2 Å². The zero-order valence-corrected chi connectivity index (χ0v) is 20.4. The quantitative estimate of drug-likeness (QED) is 0.169. The van der Waals surface area contributed by atoms with Gasteiger partial charge < -0.3 is 19.7 Å². The van der Waals surface area contributed by atoms with Crippen LogP contribution in [-0.4, -0.2) is 39.9 Å². The fourth-order valence-corrected chi connectivity index (χ4v) is 5.58. The highest BCUT2D eigenvalue weighted by Crippen LogP contribution is 2.45. The van der Waals surface area contributed by atoms with Crippen LogP contribution in [0.4, 0.5) is 0 Å². The van der Waals surface area contributed by atoms with Gasteiger partial charge in [0.25, 0.3) is 0 Å². The van der Waals surface area contributed by atoms with Crippen molar-refractivity contribution in [1.29, 1.82) is 0 Å². The molecule has 2 N–H and O–H groups in total. The number of halogens is 2. The maximum atomic E-state index is 13.1. The maximum Gasteiger partial charge on any atom is 0.340 e. The number of hydrogen-bond acceptors (Lipinski definition) is 6. The predicted octanol–water partition coefficient (Wildman–Crippen LogP) is 4.77. The van der Waals surface area contributed by atoms with Crippen LogP contribution >= 0.6 is 24.0 Å². The molecule has 0 aliphatic carbocycles. The van der Waals surface area contributed by atoms with E-state index in [2.05, 4.69) is 16.1 Å². The van der Waals surface area contributed by atoms with Crippen LogP contribution in [0.5, 0.6) is 11.5 Å². The summed E-state index contributed by atoms with van der Waals surface area (Å²) in [6, 6.07) is 15.8. The first-order chi connectivity index (χ1) is 15.4. The summed E-state index contributed by atoms with van der Waals surface area (Å²) in [5.74, 6) is 6.04. The van der Waals surface area contributed by atoms with E-state index >= 15 is 0 Å².